The Balaban J connectivity index is 3.34. The first-order valence-corrected chi connectivity index (χ1v) is 42.9. The van der Waals surface area contributed by atoms with Crippen LogP contribution in [0.2, 0.25) is 0 Å². The van der Waals surface area contributed by atoms with Crippen LogP contribution in [0.4, 0.5) is 0 Å². The number of rotatable bonds is 82. The van der Waals surface area contributed by atoms with Crippen LogP contribution in [0.5, 0.6) is 0 Å². The maximum atomic E-state index is 12.6. The predicted octanol–water partition coefficient (Wildman–Crippen LogP) is 28.6. The molecule has 2 atom stereocenters. The molecule has 0 aromatic carbocycles. The second-order valence-corrected chi connectivity index (χ2v) is 29.9. The number of allylic oxidation sites excluding steroid dienone is 2. The molecule has 0 aromatic rings. The second kappa shape index (κ2) is 82.0. The first-order valence-electron chi connectivity index (χ1n) is 42.9. The normalized spacial score (nSPS) is 12.4. The van der Waals surface area contributed by atoms with E-state index in [9.17, 15) is 19.8 Å². The summed E-state index contributed by atoms with van der Waals surface area (Å²) in [5.41, 5.74) is 0. The molecule has 0 radical (unpaired) electrons. The van der Waals surface area contributed by atoms with Crippen molar-refractivity contribution < 1.29 is 24.5 Å². The average Bonchev–Trinajstić information content (AvgIpc) is 3.76. The molecule has 0 aliphatic carbocycles. The number of carbonyl (C=O) groups is 2. The van der Waals surface area contributed by atoms with Crippen LogP contribution < -0.4 is 5.32 Å². The summed E-state index contributed by atoms with van der Waals surface area (Å²) < 4.78 is 5.52. The van der Waals surface area contributed by atoms with Gasteiger partial charge in [-0.15, -0.1) is 0 Å². The molecule has 0 aromatic heterocycles. The molecule has 0 spiro atoms. The number of unbranched alkanes of at least 4 members (excludes halogenated alkanes) is 69. The topological polar surface area (TPSA) is 95.9 Å². The summed E-state index contributed by atoms with van der Waals surface area (Å²) in [6, 6.07) is -0.541. The minimum atomic E-state index is -0.664. The lowest BCUT2D eigenvalue weighted by Gasteiger charge is -2.22. The molecule has 0 bridgehead atoms. The lowest BCUT2D eigenvalue weighted by Crippen LogP contribution is -2.45. The van der Waals surface area contributed by atoms with Crippen LogP contribution in [0.3, 0.4) is 0 Å². The Hall–Kier alpha value is -1.40. The van der Waals surface area contributed by atoms with Crippen molar-refractivity contribution in [2.24, 2.45) is 0 Å². The molecule has 548 valence electrons. The van der Waals surface area contributed by atoms with Crippen molar-refractivity contribution >= 4 is 11.9 Å². The van der Waals surface area contributed by atoms with E-state index in [0.29, 0.717) is 25.9 Å². The van der Waals surface area contributed by atoms with Crippen molar-refractivity contribution in [3.8, 4) is 0 Å². The van der Waals surface area contributed by atoms with E-state index >= 15 is 0 Å². The molecule has 6 nitrogen and oxygen atoms in total. The molecular weight excluding hydrogens is 1130 g/mol. The molecule has 3 N–H and O–H groups in total. The molecule has 6 heteroatoms. The third kappa shape index (κ3) is 77.6. The quantitative estimate of drug-likeness (QED) is 0.0320. The van der Waals surface area contributed by atoms with Gasteiger partial charge in [-0.1, -0.05) is 450 Å². The zero-order valence-electron chi connectivity index (χ0n) is 63.1. The molecule has 2 unspecified atom stereocenters. The molecule has 0 aliphatic rings. The van der Waals surface area contributed by atoms with Crippen molar-refractivity contribution in [1.29, 1.82) is 0 Å². The molecular formula is C86H169NO5. The molecule has 0 rings (SSSR count). The van der Waals surface area contributed by atoms with E-state index in [4.69, 9.17) is 4.74 Å². The number of ether oxygens (including phenoxy) is 1. The van der Waals surface area contributed by atoms with Gasteiger partial charge in [0.25, 0.3) is 0 Å². The summed E-state index contributed by atoms with van der Waals surface area (Å²) in [4.78, 5) is 24.7. The van der Waals surface area contributed by atoms with E-state index in [0.717, 1.165) is 38.5 Å². The number of hydrogen-bond donors (Lipinski definition) is 3. The summed E-state index contributed by atoms with van der Waals surface area (Å²) in [6.45, 7) is 5.03. The van der Waals surface area contributed by atoms with Crippen LogP contribution in [0.25, 0.3) is 0 Å². The Morgan fingerprint density at radius 3 is 0.772 bits per heavy atom. The monoisotopic (exact) mass is 1300 g/mol. The molecule has 0 saturated carbocycles. The minimum Gasteiger partial charge on any atom is -0.466 e. The highest BCUT2D eigenvalue weighted by Gasteiger charge is 2.20. The van der Waals surface area contributed by atoms with Crippen molar-refractivity contribution in [3.63, 3.8) is 0 Å². The summed E-state index contributed by atoms with van der Waals surface area (Å²) in [5, 5.41) is 23.5. The van der Waals surface area contributed by atoms with E-state index < -0.39 is 12.1 Å². The van der Waals surface area contributed by atoms with E-state index in [2.05, 4.69) is 31.3 Å². The summed E-state index contributed by atoms with van der Waals surface area (Å²) in [6.07, 6.45) is 105. The highest BCUT2D eigenvalue weighted by atomic mass is 16.5. The van der Waals surface area contributed by atoms with Crippen molar-refractivity contribution in [2.75, 3.05) is 13.2 Å². The van der Waals surface area contributed by atoms with Gasteiger partial charge in [0, 0.05) is 12.8 Å². The zero-order chi connectivity index (χ0) is 66.3. The van der Waals surface area contributed by atoms with Crippen LogP contribution in [0.1, 0.15) is 502 Å². The number of aliphatic hydroxyl groups is 2. The van der Waals surface area contributed by atoms with E-state index in [1.54, 1.807) is 0 Å². The SMILES string of the molecule is CCCCCCCCCCCCCCCCCCCCCCCCCCCC(O)C(CO)NC(=O)CCCCCCCCCCCCCCCCC/C=C\CCCCCCCCCCCCCCOC(=O)CCCCCCCCCCCCCCCCCCCCC. The number of amides is 1. The third-order valence-corrected chi connectivity index (χ3v) is 20.6. The highest BCUT2D eigenvalue weighted by Crippen LogP contribution is 2.21. The standard InChI is InChI=1S/C86H169NO5/c1-3-5-7-9-11-13-15-17-19-21-23-24-25-33-36-39-43-46-50-54-58-62-66-70-74-78-84(89)83(82-88)87-85(90)79-75-71-67-63-59-55-51-47-44-40-37-34-31-29-27-26-28-30-32-35-38-41-45-49-53-57-61-65-69-73-77-81-92-86(91)80-76-72-68-64-60-56-52-48-42-22-20-18-16-14-12-10-8-6-4-2/h28,30,83-84,88-89H,3-27,29,31-82H2,1-2H3,(H,87,90)/b30-28-. The Morgan fingerprint density at radius 1 is 0.293 bits per heavy atom. The summed E-state index contributed by atoms with van der Waals surface area (Å²) >= 11 is 0. The van der Waals surface area contributed by atoms with Gasteiger partial charge in [-0.05, 0) is 51.4 Å². The summed E-state index contributed by atoms with van der Waals surface area (Å²) in [5.74, 6) is -0.00202. The van der Waals surface area contributed by atoms with Gasteiger partial charge in [0.1, 0.15) is 0 Å². The second-order valence-electron chi connectivity index (χ2n) is 29.9. The maximum absolute atomic E-state index is 12.6. The fraction of sp³-hybridized carbons (Fsp3) is 0.953. The van der Waals surface area contributed by atoms with Gasteiger partial charge in [0.05, 0.1) is 25.4 Å². The number of hydrogen-bond acceptors (Lipinski definition) is 5. The number of aliphatic hydroxyl groups excluding tert-OH is 2. The third-order valence-electron chi connectivity index (χ3n) is 20.6. The predicted molar refractivity (Wildman–Crippen MR) is 407 cm³/mol. The first kappa shape index (κ1) is 90.6. The smallest absolute Gasteiger partial charge is 0.305 e. The van der Waals surface area contributed by atoms with E-state index in [1.165, 1.54) is 430 Å². The maximum Gasteiger partial charge on any atom is 0.305 e. The van der Waals surface area contributed by atoms with Gasteiger partial charge >= 0.3 is 5.97 Å². The van der Waals surface area contributed by atoms with Crippen LogP contribution in [0, 0.1) is 0 Å². The van der Waals surface area contributed by atoms with Crippen molar-refractivity contribution in [2.45, 2.75) is 514 Å². The van der Waals surface area contributed by atoms with Gasteiger partial charge in [-0.2, -0.15) is 0 Å². The molecule has 0 saturated heterocycles. The van der Waals surface area contributed by atoms with Gasteiger partial charge < -0.3 is 20.3 Å². The van der Waals surface area contributed by atoms with Crippen LogP contribution >= 0.6 is 0 Å². The van der Waals surface area contributed by atoms with E-state index in [1.807, 2.05) is 0 Å². The fourth-order valence-corrected chi connectivity index (χ4v) is 14.1. The van der Waals surface area contributed by atoms with Gasteiger partial charge in [0.15, 0.2) is 0 Å². The number of carbonyl (C=O) groups excluding carboxylic acids is 2. The zero-order valence-corrected chi connectivity index (χ0v) is 63.1. The Kier molecular flexibility index (Phi) is 80.8. The first-order chi connectivity index (χ1) is 45.5. The van der Waals surface area contributed by atoms with Crippen molar-refractivity contribution in [1.82, 2.24) is 5.32 Å². The molecule has 1 amide bonds. The number of esters is 1. The van der Waals surface area contributed by atoms with Crippen molar-refractivity contribution in [3.05, 3.63) is 12.2 Å². The van der Waals surface area contributed by atoms with Crippen LogP contribution in [0.15, 0.2) is 12.2 Å². The lowest BCUT2D eigenvalue weighted by molar-refractivity contribution is -0.143. The molecule has 0 heterocycles. The minimum absolute atomic E-state index is 0.0241. The Labute approximate surface area is 578 Å². The van der Waals surface area contributed by atoms with E-state index in [-0.39, 0.29) is 18.5 Å². The van der Waals surface area contributed by atoms with Crippen LogP contribution in [-0.4, -0.2) is 47.4 Å². The van der Waals surface area contributed by atoms with Gasteiger partial charge in [-0.25, -0.2) is 0 Å². The number of nitrogens with one attached hydrogen (secondary N) is 1. The Morgan fingerprint density at radius 2 is 0.511 bits per heavy atom. The molecule has 0 fully saturated rings. The molecule has 92 heavy (non-hydrogen) atoms. The summed E-state index contributed by atoms with van der Waals surface area (Å²) in [7, 11) is 0. The lowest BCUT2D eigenvalue weighted by atomic mass is 10.0. The van der Waals surface area contributed by atoms with Gasteiger partial charge in [0.2, 0.25) is 5.91 Å². The fourth-order valence-electron chi connectivity index (χ4n) is 14.1. The average molecular weight is 1300 g/mol. The van der Waals surface area contributed by atoms with Gasteiger partial charge in [-0.3, -0.25) is 9.59 Å². The van der Waals surface area contributed by atoms with Crippen LogP contribution in [-0.2, 0) is 14.3 Å². The highest BCUT2D eigenvalue weighted by molar-refractivity contribution is 5.76. The largest absolute Gasteiger partial charge is 0.466 e. The molecule has 0 aliphatic heterocycles. The Bertz CT molecular complexity index is 1400.